The third-order valence-electron chi connectivity index (χ3n) is 2.70. The number of nitrogens with zero attached hydrogens (tertiary/aromatic N) is 1. The van der Waals surface area contributed by atoms with Crippen molar-refractivity contribution in [2.24, 2.45) is 0 Å². The zero-order chi connectivity index (χ0) is 14.4. The topological polar surface area (TPSA) is 71.1 Å². The molecule has 2 N–H and O–H groups in total. The van der Waals surface area contributed by atoms with Gasteiger partial charge >= 0.3 is 11.8 Å². The number of nitrogens with one attached hydrogen (secondary N) is 2. The van der Waals surface area contributed by atoms with E-state index in [1.807, 2.05) is 31.2 Å². The molecule has 0 fully saturated rings. The standard InChI is InChI=1S/C15H15N3O2/c1-11-4-6-12(7-5-11)9-17-14(19)15(20)18-13-3-2-8-16-10-13/h2-8,10H,9H2,1H3,(H,17,19)(H,18,20). The van der Waals surface area contributed by atoms with Crippen LogP contribution in [0, 0.1) is 6.92 Å². The van der Waals surface area contributed by atoms with Crippen molar-refractivity contribution in [2.45, 2.75) is 13.5 Å². The zero-order valence-electron chi connectivity index (χ0n) is 11.1. The Balaban J connectivity index is 1.85. The third-order valence-corrected chi connectivity index (χ3v) is 2.70. The molecule has 0 unspecified atom stereocenters. The minimum Gasteiger partial charge on any atom is -0.344 e. The van der Waals surface area contributed by atoms with Gasteiger partial charge in [-0.2, -0.15) is 0 Å². The fourth-order valence-corrected chi connectivity index (χ4v) is 1.59. The summed E-state index contributed by atoms with van der Waals surface area (Å²) in [5, 5.41) is 5.04. The maximum absolute atomic E-state index is 11.6. The van der Waals surface area contributed by atoms with Gasteiger partial charge in [-0.1, -0.05) is 29.8 Å². The molecule has 2 amide bonds. The molecule has 0 atom stereocenters. The first kappa shape index (κ1) is 13.7. The average Bonchev–Trinajstić information content (AvgIpc) is 2.47. The van der Waals surface area contributed by atoms with E-state index < -0.39 is 11.8 Å². The van der Waals surface area contributed by atoms with Crippen LogP contribution < -0.4 is 10.6 Å². The molecule has 0 saturated heterocycles. The number of aryl methyl sites for hydroxylation is 1. The van der Waals surface area contributed by atoms with Crippen LogP contribution in [0.2, 0.25) is 0 Å². The summed E-state index contributed by atoms with van der Waals surface area (Å²) in [5.41, 5.74) is 2.58. The van der Waals surface area contributed by atoms with Gasteiger partial charge in [0.25, 0.3) is 0 Å². The molecule has 0 saturated carbocycles. The van der Waals surface area contributed by atoms with Gasteiger partial charge in [-0.15, -0.1) is 0 Å². The number of carbonyl (C=O) groups is 2. The molecule has 0 aliphatic carbocycles. The van der Waals surface area contributed by atoms with E-state index in [-0.39, 0.29) is 0 Å². The predicted octanol–water partition coefficient (Wildman–Crippen LogP) is 1.64. The molecule has 0 bridgehead atoms. The smallest absolute Gasteiger partial charge is 0.313 e. The molecule has 1 aromatic carbocycles. The van der Waals surface area contributed by atoms with E-state index in [0.29, 0.717) is 12.2 Å². The van der Waals surface area contributed by atoms with Crippen molar-refractivity contribution < 1.29 is 9.59 Å². The van der Waals surface area contributed by atoms with Crippen LogP contribution in [0.4, 0.5) is 5.69 Å². The minimum absolute atomic E-state index is 0.319. The number of benzene rings is 1. The molecule has 0 radical (unpaired) electrons. The highest BCUT2D eigenvalue weighted by atomic mass is 16.2. The molecule has 0 aliphatic heterocycles. The first-order valence-corrected chi connectivity index (χ1v) is 6.20. The Labute approximate surface area is 117 Å². The molecule has 2 aromatic rings. The van der Waals surface area contributed by atoms with Gasteiger partial charge in [-0.3, -0.25) is 14.6 Å². The quantitative estimate of drug-likeness (QED) is 0.832. The number of rotatable bonds is 3. The molecule has 2 rings (SSSR count). The lowest BCUT2D eigenvalue weighted by molar-refractivity contribution is -0.136. The van der Waals surface area contributed by atoms with Crippen LogP contribution in [-0.4, -0.2) is 16.8 Å². The zero-order valence-corrected chi connectivity index (χ0v) is 11.1. The highest BCUT2D eigenvalue weighted by molar-refractivity contribution is 6.39. The molecule has 0 spiro atoms. The largest absolute Gasteiger partial charge is 0.344 e. The summed E-state index contributed by atoms with van der Waals surface area (Å²) in [6.45, 7) is 2.31. The van der Waals surface area contributed by atoms with Crippen molar-refractivity contribution in [3.05, 3.63) is 59.9 Å². The van der Waals surface area contributed by atoms with Crippen molar-refractivity contribution in [2.75, 3.05) is 5.32 Å². The average molecular weight is 269 g/mol. The van der Waals surface area contributed by atoms with Gasteiger partial charge in [0, 0.05) is 12.7 Å². The third kappa shape index (κ3) is 3.91. The van der Waals surface area contributed by atoms with E-state index in [1.54, 1.807) is 18.3 Å². The second-order valence-electron chi connectivity index (χ2n) is 4.36. The van der Waals surface area contributed by atoms with Crippen LogP contribution in [-0.2, 0) is 16.1 Å². The normalized spacial score (nSPS) is 9.85. The Morgan fingerprint density at radius 1 is 1.10 bits per heavy atom. The number of hydrogen-bond acceptors (Lipinski definition) is 3. The van der Waals surface area contributed by atoms with Gasteiger partial charge in [0.05, 0.1) is 11.9 Å². The second-order valence-corrected chi connectivity index (χ2v) is 4.36. The SMILES string of the molecule is Cc1ccc(CNC(=O)C(=O)Nc2cccnc2)cc1. The number of carbonyl (C=O) groups excluding carboxylic acids is 2. The molecular weight excluding hydrogens is 254 g/mol. The van der Waals surface area contributed by atoms with E-state index in [2.05, 4.69) is 15.6 Å². The molecule has 1 heterocycles. The van der Waals surface area contributed by atoms with E-state index >= 15 is 0 Å². The number of anilines is 1. The molecular formula is C15H15N3O2. The van der Waals surface area contributed by atoms with Crippen LogP contribution in [0.25, 0.3) is 0 Å². The number of aromatic nitrogens is 1. The van der Waals surface area contributed by atoms with Gasteiger partial charge in [0.1, 0.15) is 0 Å². The van der Waals surface area contributed by atoms with Gasteiger partial charge < -0.3 is 10.6 Å². The fourth-order valence-electron chi connectivity index (χ4n) is 1.59. The molecule has 5 heteroatoms. The molecule has 1 aromatic heterocycles. The first-order chi connectivity index (χ1) is 9.65. The maximum atomic E-state index is 11.6. The van der Waals surface area contributed by atoms with Crippen molar-refractivity contribution in [3.63, 3.8) is 0 Å². The van der Waals surface area contributed by atoms with E-state index in [0.717, 1.165) is 11.1 Å². The monoisotopic (exact) mass is 269 g/mol. The van der Waals surface area contributed by atoms with E-state index in [1.165, 1.54) is 6.20 Å². The first-order valence-electron chi connectivity index (χ1n) is 6.20. The molecule has 20 heavy (non-hydrogen) atoms. The van der Waals surface area contributed by atoms with Crippen molar-refractivity contribution in [1.29, 1.82) is 0 Å². The lowest BCUT2D eigenvalue weighted by Crippen LogP contribution is -2.34. The van der Waals surface area contributed by atoms with Crippen molar-refractivity contribution in [1.82, 2.24) is 10.3 Å². The maximum Gasteiger partial charge on any atom is 0.313 e. The molecule has 102 valence electrons. The van der Waals surface area contributed by atoms with Gasteiger partial charge in [-0.25, -0.2) is 0 Å². The van der Waals surface area contributed by atoms with Gasteiger partial charge in [-0.05, 0) is 24.6 Å². The Morgan fingerprint density at radius 2 is 1.85 bits per heavy atom. The molecule has 0 aliphatic rings. The number of hydrogen-bond donors (Lipinski definition) is 2. The van der Waals surface area contributed by atoms with Crippen molar-refractivity contribution >= 4 is 17.5 Å². The summed E-state index contributed by atoms with van der Waals surface area (Å²) in [7, 11) is 0. The second kappa shape index (κ2) is 6.47. The van der Waals surface area contributed by atoms with Gasteiger partial charge in [0.15, 0.2) is 0 Å². The summed E-state index contributed by atoms with van der Waals surface area (Å²) in [4.78, 5) is 27.1. The van der Waals surface area contributed by atoms with Crippen LogP contribution in [0.1, 0.15) is 11.1 Å². The highest BCUT2D eigenvalue weighted by Crippen LogP contribution is 2.03. The van der Waals surface area contributed by atoms with Crippen LogP contribution >= 0.6 is 0 Å². The Hall–Kier alpha value is -2.69. The minimum atomic E-state index is -0.704. The summed E-state index contributed by atoms with van der Waals surface area (Å²) >= 11 is 0. The summed E-state index contributed by atoms with van der Waals surface area (Å²) in [5.74, 6) is -1.38. The lowest BCUT2D eigenvalue weighted by atomic mass is 10.1. The fraction of sp³-hybridized carbons (Fsp3) is 0.133. The lowest BCUT2D eigenvalue weighted by Gasteiger charge is -2.06. The Morgan fingerprint density at radius 3 is 2.50 bits per heavy atom. The van der Waals surface area contributed by atoms with Crippen LogP contribution in [0.3, 0.4) is 0 Å². The summed E-state index contributed by atoms with van der Waals surface area (Å²) in [6, 6.07) is 11.1. The highest BCUT2D eigenvalue weighted by Gasteiger charge is 2.13. The predicted molar refractivity (Wildman–Crippen MR) is 75.9 cm³/mol. The van der Waals surface area contributed by atoms with Crippen molar-refractivity contribution in [3.8, 4) is 0 Å². The molecule has 5 nitrogen and oxygen atoms in total. The van der Waals surface area contributed by atoms with E-state index in [9.17, 15) is 9.59 Å². The van der Waals surface area contributed by atoms with Crippen LogP contribution in [0.15, 0.2) is 48.8 Å². The summed E-state index contributed by atoms with van der Waals surface area (Å²) in [6.07, 6.45) is 3.07. The Kier molecular flexibility index (Phi) is 4.44. The number of pyridine rings is 1. The van der Waals surface area contributed by atoms with E-state index in [4.69, 9.17) is 0 Å². The number of amides is 2. The summed E-state index contributed by atoms with van der Waals surface area (Å²) < 4.78 is 0. The Bertz CT molecular complexity index is 594. The van der Waals surface area contributed by atoms with Crippen LogP contribution in [0.5, 0.6) is 0 Å². The van der Waals surface area contributed by atoms with Gasteiger partial charge in [0.2, 0.25) is 0 Å².